The molecule has 4 heteroatoms. The van der Waals surface area contributed by atoms with Gasteiger partial charge in [0, 0.05) is 19.2 Å². The van der Waals surface area contributed by atoms with Crippen molar-refractivity contribution in [2.24, 2.45) is 5.41 Å². The second-order valence-electron chi connectivity index (χ2n) is 4.55. The topological polar surface area (TPSA) is 43.4 Å². The fourth-order valence-electron chi connectivity index (χ4n) is 1.95. The van der Waals surface area contributed by atoms with Crippen molar-refractivity contribution in [2.75, 3.05) is 19.9 Å². The van der Waals surface area contributed by atoms with E-state index in [9.17, 15) is 9.36 Å². The van der Waals surface area contributed by atoms with E-state index in [1.54, 1.807) is 0 Å². The molecule has 0 radical (unpaired) electrons. The quantitative estimate of drug-likeness (QED) is 0.681. The Morgan fingerprint density at radius 1 is 1.43 bits per heavy atom. The fourth-order valence-corrected chi connectivity index (χ4v) is 2.98. The predicted octanol–water partition coefficient (Wildman–Crippen LogP) is 2.69. The zero-order chi connectivity index (χ0) is 10.8. The lowest BCUT2D eigenvalue weighted by atomic mass is 9.85. The van der Waals surface area contributed by atoms with Gasteiger partial charge in [0.1, 0.15) is 5.78 Å². The average Bonchev–Trinajstić information content (AvgIpc) is 2.53. The van der Waals surface area contributed by atoms with Gasteiger partial charge < -0.3 is 4.52 Å². The molecule has 1 rings (SSSR count). The van der Waals surface area contributed by atoms with Crippen molar-refractivity contribution in [1.82, 2.24) is 0 Å². The molecule has 0 bridgehead atoms. The highest BCUT2D eigenvalue weighted by Gasteiger charge is 2.38. The number of rotatable bonds is 4. The van der Waals surface area contributed by atoms with Crippen LogP contribution in [-0.2, 0) is 13.9 Å². The van der Waals surface area contributed by atoms with Gasteiger partial charge in [-0.25, -0.2) is 0 Å². The van der Waals surface area contributed by atoms with Gasteiger partial charge in [-0.05, 0) is 12.8 Å². The van der Waals surface area contributed by atoms with Crippen molar-refractivity contribution >= 4 is 13.2 Å². The van der Waals surface area contributed by atoms with E-state index in [0.717, 1.165) is 25.7 Å². The molecular formula is C10H19O3P. The predicted molar refractivity (Wildman–Crippen MR) is 57.0 cm³/mol. The maximum Gasteiger partial charge on any atom is 0.207 e. The Kier molecular flexibility index (Phi) is 3.54. The van der Waals surface area contributed by atoms with Crippen LogP contribution < -0.4 is 0 Å². The first-order valence-electron chi connectivity index (χ1n) is 5.05. The van der Waals surface area contributed by atoms with Gasteiger partial charge in [0.25, 0.3) is 0 Å². The third kappa shape index (κ3) is 2.68. The molecule has 0 amide bonds. The van der Waals surface area contributed by atoms with Crippen LogP contribution in [0.1, 0.15) is 32.6 Å². The third-order valence-electron chi connectivity index (χ3n) is 3.20. The number of Topliss-reactive ketones (excluding diaryl/α,β-unsaturated/α-hetero) is 1. The summed E-state index contributed by atoms with van der Waals surface area (Å²) in [5.41, 5.74) is -0.232. The van der Waals surface area contributed by atoms with Crippen LogP contribution in [0.3, 0.4) is 0 Å². The first kappa shape index (κ1) is 11.9. The zero-order valence-corrected chi connectivity index (χ0v) is 10.1. The highest BCUT2D eigenvalue weighted by molar-refractivity contribution is 7.59. The van der Waals surface area contributed by atoms with Crippen LogP contribution in [0.5, 0.6) is 0 Å². The van der Waals surface area contributed by atoms with E-state index >= 15 is 0 Å². The molecule has 0 aromatic heterocycles. The van der Waals surface area contributed by atoms with Crippen molar-refractivity contribution in [1.29, 1.82) is 0 Å². The van der Waals surface area contributed by atoms with Crippen molar-refractivity contribution < 1.29 is 13.9 Å². The first-order valence-corrected chi connectivity index (χ1v) is 7.31. The summed E-state index contributed by atoms with van der Waals surface area (Å²) in [5.74, 6) is 0.114. The van der Waals surface area contributed by atoms with E-state index in [2.05, 4.69) is 0 Å². The summed E-state index contributed by atoms with van der Waals surface area (Å²) in [6.07, 6.45) is 4.21. The van der Waals surface area contributed by atoms with Gasteiger partial charge in [-0.3, -0.25) is 9.36 Å². The van der Waals surface area contributed by atoms with Crippen molar-refractivity contribution in [3.63, 3.8) is 0 Å². The molecule has 14 heavy (non-hydrogen) atoms. The minimum absolute atomic E-state index is 0.0972. The molecule has 1 saturated carbocycles. The Hall–Kier alpha value is -0.140. The van der Waals surface area contributed by atoms with Crippen LogP contribution in [-0.4, -0.2) is 25.7 Å². The maximum absolute atomic E-state index is 11.9. The van der Waals surface area contributed by atoms with Gasteiger partial charge in [0.15, 0.2) is 0 Å². The summed E-state index contributed by atoms with van der Waals surface area (Å²) >= 11 is 0. The van der Waals surface area contributed by atoms with Gasteiger partial charge in [0.2, 0.25) is 7.37 Å². The summed E-state index contributed by atoms with van der Waals surface area (Å²) in [6, 6.07) is 0. The largest absolute Gasteiger partial charge is 0.332 e. The third-order valence-corrected chi connectivity index (χ3v) is 4.83. The van der Waals surface area contributed by atoms with E-state index in [-0.39, 0.29) is 17.4 Å². The Balaban J connectivity index is 2.62. The number of hydrogen-bond donors (Lipinski definition) is 0. The molecule has 1 aliphatic rings. The first-order chi connectivity index (χ1) is 6.40. The van der Waals surface area contributed by atoms with Crippen LogP contribution in [0.4, 0.5) is 0 Å². The van der Waals surface area contributed by atoms with E-state index in [4.69, 9.17) is 4.52 Å². The van der Waals surface area contributed by atoms with E-state index in [0.29, 0.717) is 0 Å². The standard InChI is InChI=1S/C10H19O3P/c1-10(6-4-5-7-10)9(11)8-14(3,12)13-2/h4-8H2,1-3H3. The lowest BCUT2D eigenvalue weighted by Crippen LogP contribution is -2.27. The van der Waals surface area contributed by atoms with Crippen LogP contribution in [0.25, 0.3) is 0 Å². The summed E-state index contributed by atoms with van der Waals surface area (Å²) < 4.78 is 16.5. The summed E-state index contributed by atoms with van der Waals surface area (Å²) in [4.78, 5) is 11.9. The Morgan fingerprint density at radius 3 is 2.36 bits per heavy atom. The highest BCUT2D eigenvalue weighted by atomic mass is 31.2. The second kappa shape index (κ2) is 4.16. The van der Waals surface area contributed by atoms with Crippen molar-refractivity contribution in [2.45, 2.75) is 32.6 Å². The molecule has 0 aliphatic heterocycles. The smallest absolute Gasteiger partial charge is 0.207 e. The van der Waals surface area contributed by atoms with Gasteiger partial charge >= 0.3 is 0 Å². The van der Waals surface area contributed by atoms with Crippen molar-refractivity contribution in [3.8, 4) is 0 Å². The van der Waals surface area contributed by atoms with Crippen LogP contribution in [0.2, 0.25) is 0 Å². The average molecular weight is 218 g/mol. The summed E-state index contributed by atoms with van der Waals surface area (Å²) in [7, 11) is -1.27. The molecule has 0 spiro atoms. The highest BCUT2D eigenvalue weighted by Crippen LogP contribution is 2.46. The van der Waals surface area contributed by atoms with Crippen LogP contribution in [0.15, 0.2) is 0 Å². The monoisotopic (exact) mass is 218 g/mol. The van der Waals surface area contributed by atoms with Crippen LogP contribution >= 0.6 is 7.37 Å². The van der Waals surface area contributed by atoms with E-state index in [1.807, 2.05) is 6.92 Å². The number of ketones is 1. The molecule has 0 aromatic carbocycles. The Bertz CT molecular complexity index is 267. The minimum Gasteiger partial charge on any atom is -0.332 e. The fraction of sp³-hybridized carbons (Fsp3) is 0.900. The molecule has 82 valence electrons. The van der Waals surface area contributed by atoms with E-state index < -0.39 is 7.37 Å². The SMILES string of the molecule is COP(C)(=O)CC(=O)C1(C)CCCC1. The molecule has 0 N–H and O–H groups in total. The molecule has 1 fully saturated rings. The lowest BCUT2D eigenvalue weighted by Gasteiger charge is -2.23. The number of hydrogen-bond acceptors (Lipinski definition) is 3. The molecule has 0 heterocycles. The summed E-state index contributed by atoms with van der Waals surface area (Å²) in [6.45, 7) is 3.52. The molecule has 1 unspecified atom stereocenters. The summed E-state index contributed by atoms with van der Waals surface area (Å²) in [5, 5.41) is 0. The molecule has 3 nitrogen and oxygen atoms in total. The minimum atomic E-state index is -2.67. The molecule has 1 aliphatic carbocycles. The van der Waals surface area contributed by atoms with Gasteiger partial charge in [0.05, 0.1) is 6.16 Å². The molecule has 0 aromatic rings. The normalized spacial score (nSPS) is 24.5. The Labute approximate surface area is 85.7 Å². The number of carbonyl (C=O) groups excluding carboxylic acids is 1. The van der Waals surface area contributed by atoms with Crippen molar-refractivity contribution in [3.05, 3.63) is 0 Å². The van der Waals surface area contributed by atoms with Gasteiger partial charge in [-0.2, -0.15) is 0 Å². The van der Waals surface area contributed by atoms with Gasteiger partial charge in [-0.15, -0.1) is 0 Å². The van der Waals surface area contributed by atoms with Crippen LogP contribution in [0, 0.1) is 5.41 Å². The second-order valence-corrected chi connectivity index (χ2v) is 7.26. The molecular weight excluding hydrogens is 199 g/mol. The lowest BCUT2D eigenvalue weighted by molar-refractivity contribution is -0.125. The van der Waals surface area contributed by atoms with E-state index in [1.165, 1.54) is 13.8 Å². The van der Waals surface area contributed by atoms with Gasteiger partial charge in [-0.1, -0.05) is 19.8 Å². The Morgan fingerprint density at radius 2 is 1.93 bits per heavy atom. The zero-order valence-electron chi connectivity index (χ0n) is 9.21. The molecule has 1 atom stereocenters. The molecule has 0 saturated heterocycles. The maximum atomic E-state index is 11.9. The number of carbonyl (C=O) groups is 1.